The van der Waals surface area contributed by atoms with Crippen LogP contribution in [0.1, 0.15) is 296 Å². The lowest BCUT2D eigenvalue weighted by molar-refractivity contribution is -0.123. The van der Waals surface area contributed by atoms with Crippen molar-refractivity contribution in [2.45, 2.75) is 309 Å². The van der Waals surface area contributed by atoms with Gasteiger partial charge in [0, 0.05) is 6.42 Å². The highest BCUT2D eigenvalue weighted by Crippen LogP contribution is 2.17. The van der Waals surface area contributed by atoms with Gasteiger partial charge >= 0.3 is 0 Å². The van der Waals surface area contributed by atoms with Gasteiger partial charge in [0.15, 0.2) is 0 Å². The van der Waals surface area contributed by atoms with Crippen molar-refractivity contribution in [2.75, 3.05) is 6.61 Å². The summed E-state index contributed by atoms with van der Waals surface area (Å²) in [5, 5.41) is 23.2. The number of carbonyl (C=O) groups is 1. The first-order chi connectivity index (χ1) is 32.7. The average Bonchev–Trinajstić information content (AvgIpc) is 3.32. The van der Waals surface area contributed by atoms with E-state index < -0.39 is 12.1 Å². The van der Waals surface area contributed by atoms with Gasteiger partial charge in [-0.3, -0.25) is 4.79 Å². The number of amides is 1. The van der Waals surface area contributed by atoms with E-state index in [1.54, 1.807) is 6.08 Å². The van der Waals surface area contributed by atoms with Crippen molar-refractivity contribution in [3.63, 3.8) is 0 Å². The largest absolute Gasteiger partial charge is 0.394 e. The van der Waals surface area contributed by atoms with E-state index in [2.05, 4.69) is 79.9 Å². The van der Waals surface area contributed by atoms with Crippen LogP contribution in [0.25, 0.3) is 0 Å². The standard InChI is InChI=1S/C62H113NO3/c1-3-5-7-9-11-13-15-17-19-21-23-25-27-29-31-33-35-37-39-41-43-45-47-49-51-53-55-57-61(65)60(59-64)63-62(66)58-56-54-52-50-48-46-44-42-40-38-36-34-32-30-28-26-24-22-20-18-16-14-12-10-8-6-4-2/h6,8,12,14,18,20,24,26,47,49,55,57,60-61,64-65H,3-5,7,9-11,13,15-17,19,21-23,25,27-46,48,50-54,56,58-59H2,1-2H3,(H,63,66)/b8-6-,14-12-,20-18-,26-24-,49-47+,57-55+. The maximum Gasteiger partial charge on any atom is 0.220 e. The summed E-state index contributed by atoms with van der Waals surface area (Å²) in [6.45, 7) is 4.21. The van der Waals surface area contributed by atoms with Crippen LogP contribution in [0.2, 0.25) is 0 Å². The van der Waals surface area contributed by atoms with Gasteiger partial charge < -0.3 is 15.5 Å². The Morgan fingerprint density at radius 2 is 0.682 bits per heavy atom. The number of rotatable bonds is 53. The second-order valence-corrected chi connectivity index (χ2v) is 19.7. The molecule has 0 bridgehead atoms. The number of aliphatic hydroxyl groups excluding tert-OH is 2. The van der Waals surface area contributed by atoms with E-state index in [1.807, 2.05) is 6.08 Å². The van der Waals surface area contributed by atoms with Crippen LogP contribution in [0.3, 0.4) is 0 Å². The lowest BCUT2D eigenvalue weighted by atomic mass is 10.0. The van der Waals surface area contributed by atoms with Crippen LogP contribution >= 0.6 is 0 Å². The Kier molecular flexibility index (Phi) is 55.3. The summed E-state index contributed by atoms with van der Waals surface area (Å²) in [5.41, 5.74) is 0. The first-order valence-corrected chi connectivity index (χ1v) is 29.2. The molecule has 2 atom stereocenters. The molecule has 4 heteroatoms. The first-order valence-electron chi connectivity index (χ1n) is 29.2. The van der Waals surface area contributed by atoms with E-state index in [-0.39, 0.29) is 12.5 Å². The zero-order valence-electron chi connectivity index (χ0n) is 44.2. The fourth-order valence-corrected chi connectivity index (χ4v) is 8.78. The molecule has 0 aromatic rings. The number of aliphatic hydroxyl groups is 2. The lowest BCUT2D eigenvalue weighted by Crippen LogP contribution is -2.45. The van der Waals surface area contributed by atoms with Gasteiger partial charge in [-0.1, -0.05) is 292 Å². The third kappa shape index (κ3) is 52.8. The fraction of sp³-hybridized carbons (Fsp3) is 0.790. The molecule has 0 rings (SSSR count). The molecule has 0 heterocycles. The number of hydrogen-bond acceptors (Lipinski definition) is 3. The molecule has 0 radical (unpaired) electrons. The summed E-state index contributed by atoms with van der Waals surface area (Å²) in [5.74, 6) is -0.0736. The molecule has 2 unspecified atom stereocenters. The van der Waals surface area contributed by atoms with Gasteiger partial charge in [-0.05, 0) is 70.6 Å². The SMILES string of the molecule is CC/C=C\C/C=C\C/C=C\C/C=C\CCCCCCCCCCCCCCCCC(=O)NC(CO)C(O)/C=C/CC/C=C/CCCCCCCCCCCCCCCCCCCCCCC. The molecule has 0 saturated heterocycles. The van der Waals surface area contributed by atoms with Gasteiger partial charge in [-0.2, -0.15) is 0 Å². The number of nitrogens with one attached hydrogen (secondary N) is 1. The molecule has 0 aliphatic rings. The van der Waals surface area contributed by atoms with Gasteiger partial charge in [0.1, 0.15) is 0 Å². The predicted molar refractivity (Wildman–Crippen MR) is 294 cm³/mol. The Hall–Kier alpha value is -2.17. The van der Waals surface area contributed by atoms with Crippen LogP contribution in [0.15, 0.2) is 72.9 Å². The van der Waals surface area contributed by atoms with Crippen LogP contribution in [-0.4, -0.2) is 34.9 Å². The van der Waals surface area contributed by atoms with Crippen LogP contribution in [0.5, 0.6) is 0 Å². The van der Waals surface area contributed by atoms with E-state index in [9.17, 15) is 15.0 Å². The number of unbranched alkanes of at least 4 members (excludes halogenated alkanes) is 36. The third-order valence-corrected chi connectivity index (χ3v) is 13.2. The highest BCUT2D eigenvalue weighted by Gasteiger charge is 2.18. The van der Waals surface area contributed by atoms with Crippen LogP contribution in [-0.2, 0) is 4.79 Å². The molecule has 0 aromatic carbocycles. The fourth-order valence-electron chi connectivity index (χ4n) is 8.78. The van der Waals surface area contributed by atoms with Gasteiger partial charge in [-0.25, -0.2) is 0 Å². The number of carbonyl (C=O) groups excluding carboxylic acids is 1. The molecule has 384 valence electrons. The molecule has 1 amide bonds. The van der Waals surface area contributed by atoms with E-state index in [4.69, 9.17) is 0 Å². The molecule has 0 fully saturated rings. The van der Waals surface area contributed by atoms with Crippen molar-refractivity contribution in [2.24, 2.45) is 0 Å². The second kappa shape index (κ2) is 57.1. The minimum absolute atomic E-state index is 0.0736. The Bertz CT molecular complexity index is 1130. The molecular formula is C62H113NO3. The lowest BCUT2D eigenvalue weighted by Gasteiger charge is -2.19. The molecule has 0 aliphatic heterocycles. The second-order valence-electron chi connectivity index (χ2n) is 19.7. The molecule has 66 heavy (non-hydrogen) atoms. The highest BCUT2D eigenvalue weighted by atomic mass is 16.3. The maximum atomic E-state index is 12.5. The van der Waals surface area contributed by atoms with Crippen molar-refractivity contribution < 1.29 is 15.0 Å². The van der Waals surface area contributed by atoms with Crippen molar-refractivity contribution >= 4 is 5.91 Å². The monoisotopic (exact) mass is 920 g/mol. The molecule has 0 aromatic heterocycles. The van der Waals surface area contributed by atoms with Crippen LogP contribution in [0.4, 0.5) is 0 Å². The van der Waals surface area contributed by atoms with E-state index in [0.29, 0.717) is 6.42 Å². The summed E-state index contributed by atoms with van der Waals surface area (Å²) < 4.78 is 0. The first kappa shape index (κ1) is 63.8. The summed E-state index contributed by atoms with van der Waals surface area (Å²) >= 11 is 0. The molecule has 4 nitrogen and oxygen atoms in total. The van der Waals surface area contributed by atoms with Crippen molar-refractivity contribution in [3.8, 4) is 0 Å². The van der Waals surface area contributed by atoms with Gasteiger partial charge in [0.25, 0.3) is 0 Å². The van der Waals surface area contributed by atoms with Crippen LogP contribution in [0, 0.1) is 0 Å². The van der Waals surface area contributed by atoms with Crippen molar-refractivity contribution in [1.29, 1.82) is 0 Å². The van der Waals surface area contributed by atoms with Crippen molar-refractivity contribution in [3.05, 3.63) is 72.9 Å². The Morgan fingerprint density at radius 3 is 1.06 bits per heavy atom. The summed E-state index contributed by atoms with van der Waals surface area (Å²) in [6.07, 6.45) is 82.2. The van der Waals surface area contributed by atoms with Crippen LogP contribution < -0.4 is 5.32 Å². The predicted octanol–water partition coefficient (Wildman–Crippen LogP) is 19.4. The Balaban J connectivity index is 3.53. The maximum absolute atomic E-state index is 12.5. The molecule has 0 saturated carbocycles. The molecule has 0 spiro atoms. The highest BCUT2D eigenvalue weighted by molar-refractivity contribution is 5.76. The Morgan fingerprint density at radius 1 is 0.379 bits per heavy atom. The Labute approximate surface area is 412 Å². The van der Waals surface area contributed by atoms with E-state index in [1.165, 1.54) is 218 Å². The van der Waals surface area contributed by atoms with Gasteiger partial charge in [0.05, 0.1) is 18.8 Å². The quantitative estimate of drug-likeness (QED) is 0.0421. The molecule has 0 aliphatic carbocycles. The molecule has 3 N–H and O–H groups in total. The van der Waals surface area contributed by atoms with E-state index in [0.717, 1.165) is 57.8 Å². The number of allylic oxidation sites excluding steroid dienone is 11. The summed E-state index contributed by atoms with van der Waals surface area (Å²) in [7, 11) is 0. The summed E-state index contributed by atoms with van der Waals surface area (Å²) in [4.78, 5) is 12.5. The number of hydrogen-bond donors (Lipinski definition) is 3. The minimum Gasteiger partial charge on any atom is -0.394 e. The van der Waals surface area contributed by atoms with Crippen molar-refractivity contribution in [1.82, 2.24) is 5.32 Å². The zero-order chi connectivity index (χ0) is 47.7. The summed E-state index contributed by atoms with van der Waals surface area (Å²) in [6, 6.07) is -0.644. The normalized spacial score (nSPS) is 13.3. The topological polar surface area (TPSA) is 69.6 Å². The van der Waals surface area contributed by atoms with E-state index >= 15 is 0 Å². The zero-order valence-corrected chi connectivity index (χ0v) is 44.2. The van der Waals surface area contributed by atoms with Gasteiger partial charge in [0.2, 0.25) is 5.91 Å². The van der Waals surface area contributed by atoms with Gasteiger partial charge in [-0.15, -0.1) is 0 Å². The smallest absolute Gasteiger partial charge is 0.220 e. The molecular weight excluding hydrogens is 807 g/mol. The average molecular weight is 921 g/mol. The minimum atomic E-state index is -0.866. The third-order valence-electron chi connectivity index (χ3n) is 13.2.